The van der Waals surface area contributed by atoms with Gasteiger partial charge in [0.05, 0.1) is 13.5 Å². The normalized spacial score (nSPS) is 13.3. The molecule has 0 aliphatic heterocycles. The van der Waals surface area contributed by atoms with Gasteiger partial charge < -0.3 is 15.2 Å². The minimum Gasteiger partial charge on any atom is -0.497 e. The number of rotatable bonds is 7. The summed E-state index contributed by atoms with van der Waals surface area (Å²) in [4.78, 5) is 23.0. The van der Waals surface area contributed by atoms with E-state index in [9.17, 15) is 9.59 Å². The van der Waals surface area contributed by atoms with E-state index in [4.69, 9.17) is 9.84 Å². The average Bonchev–Trinajstić information content (AvgIpc) is 2.44. The van der Waals surface area contributed by atoms with Gasteiger partial charge in [0.2, 0.25) is 5.91 Å². The monoisotopic (exact) mass is 279 g/mol. The van der Waals surface area contributed by atoms with Crippen molar-refractivity contribution in [2.45, 2.75) is 32.7 Å². The number of carboxylic acid groups (broad SMARTS) is 1. The van der Waals surface area contributed by atoms with E-state index in [-0.39, 0.29) is 18.2 Å². The number of carboxylic acids is 1. The third-order valence-electron chi connectivity index (χ3n) is 3.32. The van der Waals surface area contributed by atoms with Crippen molar-refractivity contribution in [2.24, 2.45) is 5.92 Å². The molecule has 0 bridgehead atoms. The number of ether oxygens (including phenoxy) is 1. The molecular formula is C15H21NO4. The van der Waals surface area contributed by atoms with Crippen LogP contribution in [0.3, 0.4) is 0 Å². The molecule has 1 aromatic rings. The molecule has 0 fully saturated rings. The Morgan fingerprint density at radius 3 is 2.35 bits per heavy atom. The number of nitrogens with one attached hydrogen (secondary N) is 1. The Hall–Kier alpha value is -2.04. The summed E-state index contributed by atoms with van der Waals surface area (Å²) in [5, 5.41) is 11.7. The van der Waals surface area contributed by atoms with Crippen LogP contribution in [0.25, 0.3) is 0 Å². The summed E-state index contributed by atoms with van der Waals surface area (Å²) in [6, 6.07) is 6.28. The zero-order chi connectivity index (χ0) is 15.1. The molecule has 0 aromatic heterocycles. The smallest absolute Gasteiger partial charge is 0.326 e. The molecule has 0 saturated carbocycles. The van der Waals surface area contributed by atoms with Crippen molar-refractivity contribution < 1.29 is 19.4 Å². The van der Waals surface area contributed by atoms with E-state index >= 15 is 0 Å². The topological polar surface area (TPSA) is 75.6 Å². The summed E-state index contributed by atoms with van der Waals surface area (Å²) in [5.74, 6) is -0.671. The van der Waals surface area contributed by atoms with E-state index < -0.39 is 12.0 Å². The molecule has 5 heteroatoms. The zero-order valence-electron chi connectivity index (χ0n) is 12.1. The van der Waals surface area contributed by atoms with Crippen LogP contribution >= 0.6 is 0 Å². The Morgan fingerprint density at radius 2 is 1.90 bits per heavy atom. The maximum absolute atomic E-state index is 11.9. The number of hydrogen-bond donors (Lipinski definition) is 2. The molecule has 110 valence electrons. The van der Waals surface area contributed by atoms with Crippen LogP contribution in [0, 0.1) is 5.92 Å². The second kappa shape index (κ2) is 7.53. The summed E-state index contributed by atoms with van der Waals surface area (Å²) in [5.41, 5.74) is 0.816. The maximum Gasteiger partial charge on any atom is 0.326 e. The van der Waals surface area contributed by atoms with Gasteiger partial charge >= 0.3 is 5.97 Å². The molecule has 0 radical (unpaired) electrons. The standard InChI is InChI=1S/C15H21NO4/c1-4-10(2)14(15(18)19)16-13(17)9-11-5-7-12(20-3)8-6-11/h5-8,10,14H,4,9H2,1-3H3,(H,16,17)(H,18,19)/t10-,14-/m0/s1. The van der Waals surface area contributed by atoms with Gasteiger partial charge in [-0.15, -0.1) is 0 Å². The van der Waals surface area contributed by atoms with Gasteiger partial charge in [-0.05, 0) is 23.6 Å². The molecule has 0 saturated heterocycles. The molecule has 0 spiro atoms. The number of carbonyl (C=O) groups is 2. The number of amides is 1. The SMILES string of the molecule is CC[C@H](C)[C@H](NC(=O)Cc1ccc(OC)cc1)C(=O)O. The molecule has 1 amide bonds. The summed E-state index contributed by atoms with van der Waals surface area (Å²) >= 11 is 0. The van der Waals surface area contributed by atoms with Gasteiger partial charge in [-0.1, -0.05) is 32.4 Å². The molecule has 0 heterocycles. The van der Waals surface area contributed by atoms with E-state index in [1.807, 2.05) is 13.8 Å². The fraction of sp³-hybridized carbons (Fsp3) is 0.467. The highest BCUT2D eigenvalue weighted by molar-refractivity contribution is 5.85. The van der Waals surface area contributed by atoms with Gasteiger partial charge in [0.25, 0.3) is 0 Å². The number of aliphatic carboxylic acids is 1. The van der Waals surface area contributed by atoms with Crippen LogP contribution in [0.5, 0.6) is 5.75 Å². The van der Waals surface area contributed by atoms with Crippen molar-refractivity contribution in [2.75, 3.05) is 7.11 Å². The molecule has 0 aliphatic carbocycles. The second-order valence-electron chi connectivity index (χ2n) is 4.79. The highest BCUT2D eigenvalue weighted by Gasteiger charge is 2.25. The van der Waals surface area contributed by atoms with Gasteiger partial charge in [0.1, 0.15) is 11.8 Å². The van der Waals surface area contributed by atoms with E-state index in [0.717, 1.165) is 11.3 Å². The maximum atomic E-state index is 11.9. The van der Waals surface area contributed by atoms with Crippen LogP contribution in [0.2, 0.25) is 0 Å². The fourth-order valence-electron chi connectivity index (χ4n) is 1.84. The summed E-state index contributed by atoms with van der Waals surface area (Å²) in [7, 11) is 1.57. The molecule has 2 N–H and O–H groups in total. The first kappa shape index (κ1) is 16.0. The summed E-state index contributed by atoms with van der Waals surface area (Å²) in [6.07, 6.45) is 0.851. The molecule has 0 unspecified atom stereocenters. The number of methoxy groups -OCH3 is 1. The lowest BCUT2D eigenvalue weighted by Crippen LogP contribution is -2.45. The highest BCUT2D eigenvalue weighted by atomic mass is 16.5. The van der Waals surface area contributed by atoms with Crippen molar-refractivity contribution in [3.8, 4) is 5.75 Å². The Kier molecular flexibility index (Phi) is 6.03. The first-order valence-electron chi connectivity index (χ1n) is 6.63. The van der Waals surface area contributed by atoms with Crippen molar-refractivity contribution in [1.29, 1.82) is 0 Å². The Morgan fingerprint density at radius 1 is 1.30 bits per heavy atom. The predicted octanol–water partition coefficient (Wildman–Crippen LogP) is 1.85. The van der Waals surface area contributed by atoms with Crippen LogP contribution in [-0.4, -0.2) is 30.1 Å². The fourth-order valence-corrected chi connectivity index (χ4v) is 1.84. The molecule has 20 heavy (non-hydrogen) atoms. The third-order valence-corrected chi connectivity index (χ3v) is 3.32. The van der Waals surface area contributed by atoms with Crippen LogP contribution < -0.4 is 10.1 Å². The van der Waals surface area contributed by atoms with E-state index in [2.05, 4.69) is 5.32 Å². The van der Waals surface area contributed by atoms with Crippen LogP contribution in [0.15, 0.2) is 24.3 Å². The number of benzene rings is 1. The number of hydrogen-bond acceptors (Lipinski definition) is 3. The van der Waals surface area contributed by atoms with Crippen molar-refractivity contribution in [3.63, 3.8) is 0 Å². The molecule has 2 atom stereocenters. The highest BCUT2D eigenvalue weighted by Crippen LogP contribution is 2.12. The van der Waals surface area contributed by atoms with Crippen molar-refractivity contribution >= 4 is 11.9 Å². The lowest BCUT2D eigenvalue weighted by atomic mass is 9.99. The minimum atomic E-state index is -0.998. The quantitative estimate of drug-likeness (QED) is 0.798. The van der Waals surface area contributed by atoms with Crippen molar-refractivity contribution in [1.82, 2.24) is 5.32 Å². The van der Waals surface area contributed by atoms with Gasteiger partial charge in [0, 0.05) is 0 Å². The Bertz CT molecular complexity index is 455. The van der Waals surface area contributed by atoms with Gasteiger partial charge in [-0.3, -0.25) is 4.79 Å². The summed E-state index contributed by atoms with van der Waals surface area (Å²) < 4.78 is 5.04. The van der Waals surface area contributed by atoms with Gasteiger partial charge in [-0.2, -0.15) is 0 Å². The van der Waals surface area contributed by atoms with E-state index in [0.29, 0.717) is 6.42 Å². The first-order chi connectivity index (χ1) is 9.47. The van der Waals surface area contributed by atoms with Crippen LogP contribution in [0.1, 0.15) is 25.8 Å². The van der Waals surface area contributed by atoms with Crippen molar-refractivity contribution in [3.05, 3.63) is 29.8 Å². The number of carbonyl (C=O) groups excluding carboxylic acids is 1. The molecule has 1 rings (SSSR count). The lowest BCUT2D eigenvalue weighted by Gasteiger charge is -2.20. The first-order valence-corrected chi connectivity index (χ1v) is 6.63. The largest absolute Gasteiger partial charge is 0.497 e. The predicted molar refractivity (Wildman–Crippen MR) is 75.7 cm³/mol. The van der Waals surface area contributed by atoms with Gasteiger partial charge in [0.15, 0.2) is 0 Å². The van der Waals surface area contributed by atoms with E-state index in [1.165, 1.54) is 0 Å². The molecular weight excluding hydrogens is 258 g/mol. The van der Waals surface area contributed by atoms with Gasteiger partial charge in [-0.25, -0.2) is 4.79 Å². The molecule has 1 aromatic carbocycles. The lowest BCUT2D eigenvalue weighted by molar-refractivity contribution is -0.143. The van der Waals surface area contributed by atoms with Crippen LogP contribution in [-0.2, 0) is 16.0 Å². The average molecular weight is 279 g/mol. The Labute approximate surface area is 118 Å². The molecule has 5 nitrogen and oxygen atoms in total. The molecule has 0 aliphatic rings. The zero-order valence-corrected chi connectivity index (χ0v) is 12.1. The minimum absolute atomic E-state index is 0.104. The van der Waals surface area contributed by atoms with E-state index in [1.54, 1.807) is 31.4 Å². The Balaban J connectivity index is 2.63. The second-order valence-corrected chi connectivity index (χ2v) is 4.79. The third kappa shape index (κ3) is 4.57. The summed E-state index contributed by atoms with van der Waals surface area (Å²) in [6.45, 7) is 3.71. The van der Waals surface area contributed by atoms with Crippen LogP contribution in [0.4, 0.5) is 0 Å².